The van der Waals surface area contributed by atoms with Crippen LogP contribution in [0.2, 0.25) is 0 Å². The number of urea groups is 1. The van der Waals surface area contributed by atoms with Crippen LogP contribution in [0, 0.1) is 0 Å². The molecule has 1 heterocycles. The molecule has 108 valence electrons. The van der Waals surface area contributed by atoms with E-state index < -0.39 is 0 Å². The van der Waals surface area contributed by atoms with Crippen LogP contribution in [-0.2, 0) is 0 Å². The highest BCUT2D eigenvalue weighted by Crippen LogP contribution is 2.17. The molecule has 0 saturated carbocycles. The first-order valence-electron chi connectivity index (χ1n) is 6.69. The molecule has 19 heavy (non-hydrogen) atoms. The minimum Gasteiger partial charge on any atom is -0.396 e. The van der Waals surface area contributed by atoms with Gasteiger partial charge in [-0.15, -0.1) is 0 Å². The number of aliphatic hydroxyl groups excluding tert-OH is 1. The SMILES string of the molecule is CC[C@](C)(CCO)NC(=O)NC[C@@H](C)c1ccsc1. The van der Waals surface area contributed by atoms with Gasteiger partial charge in [0.05, 0.1) is 0 Å². The van der Waals surface area contributed by atoms with Crippen LogP contribution >= 0.6 is 11.3 Å². The minimum absolute atomic E-state index is 0.0793. The molecule has 0 unspecified atom stereocenters. The Morgan fingerprint density at radius 3 is 2.84 bits per heavy atom. The van der Waals surface area contributed by atoms with Crippen molar-refractivity contribution in [3.63, 3.8) is 0 Å². The molecule has 0 bridgehead atoms. The Hall–Kier alpha value is -1.07. The van der Waals surface area contributed by atoms with E-state index in [9.17, 15) is 4.79 Å². The first-order chi connectivity index (χ1) is 9.00. The monoisotopic (exact) mass is 284 g/mol. The van der Waals surface area contributed by atoms with E-state index in [4.69, 9.17) is 5.11 Å². The normalized spacial score (nSPS) is 15.6. The van der Waals surface area contributed by atoms with Gasteiger partial charge in [0.15, 0.2) is 0 Å². The van der Waals surface area contributed by atoms with Crippen LogP contribution < -0.4 is 10.6 Å². The first-order valence-corrected chi connectivity index (χ1v) is 7.64. The maximum atomic E-state index is 11.9. The molecule has 5 heteroatoms. The van der Waals surface area contributed by atoms with Gasteiger partial charge in [-0.2, -0.15) is 11.3 Å². The van der Waals surface area contributed by atoms with Crippen molar-refractivity contribution < 1.29 is 9.90 Å². The zero-order chi connectivity index (χ0) is 14.3. The average Bonchev–Trinajstić information content (AvgIpc) is 2.90. The van der Waals surface area contributed by atoms with Crippen LogP contribution in [0.4, 0.5) is 4.79 Å². The molecule has 0 saturated heterocycles. The second-order valence-corrected chi connectivity index (χ2v) is 5.96. The van der Waals surface area contributed by atoms with Crippen molar-refractivity contribution in [1.82, 2.24) is 10.6 Å². The smallest absolute Gasteiger partial charge is 0.315 e. The highest BCUT2D eigenvalue weighted by molar-refractivity contribution is 7.07. The fraction of sp³-hybridized carbons (Fsp3) is 0.643. The molecule has 0 aliphatic heterocycles. The van der Waals surface area contributed by atoms with Gasteiger partial charge in [-0.05, 0) is 48.1 Å². The van der Waals surface area contributed by atoms with Gasteiger partial charge in [0.25, 0.3) is 0 Å². The molecule has 3 N–H and O–H groups in total. The Balaban J connectivity index is 2.39. The summed E-state index contributed by atoms with van der Waals surface area (Å²) >= 11 is 1.67. The van der Waals surface area contributed by atoms with Gasteiger partial charge < -0.3 is 15.7 Å². The van der Waals surface area contributed by atoms with Crippen molar-refractivity contribution in [2.75, 3.05) is 13.2 Å². The van der Waals surface area contributed by atoms with Crippen LogP contribution in [0.25, 0.3) is 0 Å². The number of aliphatic hydroxyl groups is 1. The highest BCUT2D eigenvalue weighted by atomic mass is 32.1. The molecule has 1 aromatic rings. The zero-order valence-corrected chi connectivity index (χ0v) is 12.7. The summed E-state index contributed by atoms with van der Waals surface area (Å²) < 4.78 is 0. The summed E-state index contributed by atoms with van der Waals surface area (Å²) in [4.78, 5) is 11.9. The Bertz CT molecular complexity index is 381. The van der Waals surface area contributed by atoms with Crippen molar-refractivity contribution in [3.8, 4) is 0 Å². The molecule has 0 radical (unpaired) electrons. The first kappa shape index (κ1) is 16.0. The third-order valence-corrected chi connectivity index (χ3v) is 4.24. The van der Waals surface area contributed by atoms with E-state index in [0.717, 1.165) is 6.42 Å². The van der Waals surface area contributed by atoms with Crippen LogP contribution in [0.1, 0.15) is 45.1 Å². The van der Waals surface area contributed by atoms with Gasteiger partial charge in [0.2, 0.25) is 0 Å². The molecule has 0 spiro atoms. The number of amides is 2. The summed E-state index contributed by atoms with van der Waals surface area (Å²) in [5.74, 6) is 0.308. The third kappa shape index (κ3) is 5.20. The van der Waals surface area contributed by atoms with Crippen LogP contribution in [-0.4, -0.2) is 29.8 Å². The van der Waals surface area contributed by atoms with Crippen LogP contribution in [0.5, 0.6) is 0 Å². The van der Waals surface area contributed by atoms with Crippen LogP contribution in [0.15, 0.2) is 16.8 Å². The summed E-state index contributed by atoms with van der Waals surface area (Å²) in [7, 11) is 0. The van der Waals surface area contributed by atoms with Crippen molar-refractivity contribution in [1.29, 1.82) is 0 Å². The topological polar surface area (TPSA) is 61.4 Å². The van der Waals surface area contributed by atoms with Gasteiger partial charge in [0, 0.05) is 18.7 Å². The van der Waals surface area contributed by atoms with E-state index in [1.807, 2.05) is 19.2 Å². The Kier molecular flexibility index (Phi) is 6.31. The highest BCUT2D eigenvalue weighted by Gasteiger charge is 2.23. The number of hydrogen-bond donors (Lipinski definition) is 3. The summed E-state index contributed by atoms with van der Waals surface area (Å²) in [6.45, 7) is 6.74. The number of rotatable bonds is 7. The van der Waals surface area contributed by atoms with Gasteiger partial charge in [0.1, 0.15) is 0 Å². The molecule has 1 aromatic heterocycles. The molecule has 4 nitrogen and oxygen atoms in total. The molecule has 0 aliphatic carbocycles. The molecule has 0 fully saturated rings. The van der Waals surface area contributed by atoms with E-state index in [1.165, 1.54) is 5.56 Å². The van der Waals surface area contributed by atoms with Gasteiger partial charge in [-0.3, -0.25) is 0 Å². The lowest BCUT2D eigenvalue weighted by atomic mass is 9.95. The van der Waals surface area contributed by atoms with E-state index in [-0.39, 0.29) is 18.2 Å². The number of hydrogen-bond acceptors (Lipinski definition) is 3. The largest absolute Gasteiger partial charge is 0.396 e. The fourth-order valence-electron chi connectivity index (χ4n) is 1.81. The second-order valence-electron chi connectivity index (χ2n) is 5.18. The minimum atomic E-state index is -0.343. The molecule has 0 aliphatic rings. The Labute approximate surface area is 119 Å². The lowest BCUT2D eigenvalue weighted by Gasteiger charge is -2.29. The summed E-state index contributed by atoms with van der Waals surface area (Å²) in [6.07, 6.45) is 1.36. The Morgan fingerprint density at radius 1 is 1.58 bits per heavy atom. The number of thiophene rings is 1. The predicted molar refractivity (Wildman–Crippen MR) is 79.7 cm³/mol. The molecule has 1 rings (SSSR count). The van der Waals surface area contributed by atoms with E-state index in [0.29, 0.717) is 18.9 Å². The maximum absolute atomic E-state index is 11.9. The standard InChI is InChI=1S/C14H24N2O2S/c1-4-14(3,6-7-17)16-13(18)15-9-11(2)12-5-8-19-10-12/h5,8,10-11,17H,4,6-7,9H2,1-3H3,(H2,15,16,18)/t11-,14-/m1/s1. The fourth-order valence-corrected chi connectivity index (χ4v) is 2.59. The van der Waals surface area contributed by atoms with E-state index >= 15 is 0 Å². The van der Waals surface area contributed by atoms with Crippen LogP contribution in [0.3, 0.4) is 0 Å². The average molecular weight is 284 g/mol. The number of carbonyl (C=O) groups is 1. The zero-order valence-electron chi connectivity index (χ0n) is 11.9. The predicted octanol–water partition coefficient (Wildman–Crippen LogP) is 2.70. The summed E-state index contributed by atoms with van der Waals surface area (Å²) in [5.41, 5.74) is 0.906. The lowest BCUT2D eigenvalue weighted by Crippen LogP contribution is -2.50. The number of nitrogens with one attached hydrogen (secondary N) is 2. The van der Waals surface area contributed by atoms with Crippen molar-refractivity contribution in [3.05, 3.63) is 22.4 Å². The molecule has 2 amide bonds. The quantitative estimate of drug-likeness (QED) is 0.721. The Morgan fingerprint density at radius 2 is 2.32 bits per heavy atom. The van der Waals surface area contributed by atoms with Crippen molar-refractivity contribution in [2.45, 2.75) is 45.1 Å². The molecule has 2 atom stereocenters. The molecular weight excluding hydrogens is 260 g/mol. The molecule has 0 aromatic carbocycles. The van der Waals surface area contributed by atoms with E-state index in [1.54, 1.807) is 11.3 Å². The number of carbonyl (C=O) groups excluding carboxylic acids is 1. The second kappa shape index (κ2) is 7.50. The summed E-state index contributed by atoms with van der Waals surface area (Å²) in [5, 5.41) is 19.0. The van der Waals surface area contributed by atoms with Gasteiger partial charge in [-0.1, -0.05) is 13.8 Å². The van der Waals surface area contributed by atoms with Gasteiger partial charge in [-0.25, -0.2) is 4.79 Å². The lowest BCUT2D eigenvalue weighted by molar-refractivity contribution is 0.200. The van der Waals surface area contributed by atoms with Crippen molar-refractivity contribution >= 4 is 17.4 Å². The third-order valence-electron chi connectivity index (χ3n) is 3.54. The van der Waals surface area contributed by atoms with Gasteiger partial charge >= 0.3 is 6.03 Å². The summed E-state index contributed by atoms with van der Waals surface area (Å²) in [6, 6.07) is 1.91. The molecular formula is C14H24N2O2S. The van der Waals surface area contributed by atoms with E-state index in [2.05, 4.69) is 29.0 Å². The van der Waals surface area contributed by atoms with Crippen molar-refractivity contribution in [2.24, 2.45) is 0 Å². The maximum Gasteiger partial charge on any atom is 0.315 e.